The summed E-state index contributed by atoms with van der Waals surface area (Å²) in [6.45, 7) is 2.06. The first kappa shape index (κ1) is 11.7. The highest BCUT2D eigenvalue weighted by Crippen LogP contribution is 2.27. The SMILES string of the molecule is Cc1ccc(Sc2ccnc(C(=N)N)c2)cc1. The molecule has 0 saturated carbocycles. The number of hydrogen-bond acceptors (Lipinski definition) is 3. The van der Waals surface area contributed by atoms with Crippen LogP contribution in [-0.4, -0.2) is 10.8 Å². The number of rotatable bonds is 3. The fraction of sp³-hybridized carbons (Fsp3) is 0.0769. The monoisotopic (exact) mass is 243 g/mol. The molecule has 3 N–H and O–H groups in total. The Morgan fingerprint density at radius 3 is 2.53 bits per heavy atom. The van der Waals surface area contributed by atoms with Crippen LogP contribution < -0.4 is 5.73 Å². The van der Waals surface area contributed by atoms with E-state index in [1.54, 1.807) is 18.0 Å². The van der Waals surface area contributed by atoms with Gasteiger partial charge in [0.05, 0.1) is 0 Å². The fourth-order valence-electron chi connectivity index (χ4n) is 1.36. The van der Waals surface area contributed by atoms with Crippen molar-refractivity contribution in [3.8, 4) is 0 Å². The zero-order valence-corrected chi connectivity index (χ0v) is 10.3. The lowest BCUT2D eigenvalue weighted by atomic mass is 10.2. The van der Waals surface area contributed by atoms with E-state index >= 15 is 0 Å². The van der Waals surface area contributed by atoms with Crippen molar-refractivity contribution < 1.29 is 0 Å². The van der Waals surface area contributed by atoms with Crippen LogP contribution in [0.25, 0.3) is 0 Å². The van der Waals surface area contributed by atoms with Crippen molar-refractivity contribution in [2.24, 2.45) is 5.73 Å². The molecular weight excluding hydrogens is 230 g/mol. The Balaban J connectivity index is 2.21. The maximum Gasteiger partial charge on any atom is 0.141 e. The summed E-state index contributed by atoms with van der Waals surface area (Å²) in [5, 5.41) is 7.35. The van der Waals surface area contributed by atoms with Crippen LogP contribution in [0.2, 0.25) is 0 Å². The molecule has 1 aromatic heterocycles. The topological polar surface area (TPSA) is 62.8 Å². The number of hydrogen-bond donors (Lipinski definition) is 2. The van der Waals surface area contributed by atoms with E-state index in [4.69, 9.17) is 11.1 Å². The van der Waals surface area contributed by atoms with Gasteiger partial charge in [0.1, 0.15) is 11.5 Å². The van der Waals surface area contributed by atoms with Gasteiger partial charge in [-0.25, -0.2) is 0 Å². The van der Waals surface area contributed by atoms with Gasteiger partial charge in [0.15, 0.2) is 0 Å². The second kappa shape index (κ2) is 5.01. The molecule has 17 heavy (non-hydrogen) atoms. The highest BCUT2D eigenvalue weighted by molar-refractivity contribution is 7.99. The second-order valence-corrected chi connectivity index (χ2v) is 4.85. The smallest absolute Gasteiger partial charge is 0.141 e. The van der Waals surface area contributed by atoms with E-state index in [0.717, 1.165) is 9.79 Å². The predicted molar refractivity (Wildman–Crippen MR) is 70.6 cm³/mol. The molecule has 3 nitrogen and oxygen atoms in total. The molecule has 0 aliphatic heterocycles. The molecule has 0 spiro atoms. The van der Waals surface area contributed by atoms with Crippen molar-refractivity contribution in [1.82, 2.24) is 4.98 Å². The van der Waals surface area contributed by atoms with E-state index < -0.39 is 0 Å². The van der Waals surface area contributed by atoms with Gasteiger partial charge >= 0.3 is 0 Å². The number of benzene rings is 1. The molecule has 0 bridgehead atoms. The van der Waals surface area contributed by atoms with Crippen LogP contribution in [0.3, 0.4) is 0 Å². The second-order valence-electron chi connectivity index (χ2n) is 3.71. The summed E-state index contributed by atoms with van der Waals surface area (Å²) in [5.41, 5.74) is 7.17. The summed E-state index contributed by atoms with van der Waals surface area (Å²) in [6.07, 6.45) is 1.67. The van der Waals surface area contributed by atoms with E-state index in [-0.39, 0.29) is 5.84 Å². The zero-order chi connectivity index (χ0) is 12.3. The number of nitrogens with two attached hydrogens (primary N) is 1. The van der Waals surface area contributed by atoms with Crippen molar-refractivity contribution in [3.63, 3.8) is 0 Å². The summed E-state index contributed by atoms with van der Waals surface area (Å²) >= 11 is 1.64. The minimum atomic E-state index is -0.00337. The molecule has 0 saturated heterocycles. The van der Waals surface area contributed by atoms with Crippen LogP contribution in [0.1, 0.15) is 11.3 Å². The molecule has 0 radical (unpaired) electrons. The van der Waals surface area contributed by atoms with Gasteiger partial charge in [0, 0.05) is 16.0 Å². The summed E-state index contributed by atoms with van der Waals surface area (Å²) in [5.74, 6) is -0.00337. The van der Waals surface area contributed by atoms with Crippen LogP contribution in [-0.2, 0) is 0 Å². The van der Waals surface area contributed by atoms with Gasteiger partial charge in [-0.15, -0.1) is 0 Å². The average Bonchev–Trinajstić information content (AvgIpc) is 2.32. The number of aromatic nitrogens is 1. The van der Waals surface area contributed by atoms with E-state index in [0.29, 0.717) is 5.69 Å². The lowest BCUT2D eigenvalue weighted by molar-refractivity contribution is 1.21. The Bertz CT molecular complexity index is 535. The highest BCUT2D eigenvalue weighted by Gasteiger charge is 2.01. The molecule has 4 heteroatoms. The Kier molecular flexibility index (Phi) is 3.44. The van der Waals surface area contributed by atoms with Crippen LogP contribution in [0.15, 0.2) is 52.4 Å². The normalized spacial score (nSPS) is 10.2. The molecular formula is C13H13N3S. The largest absolute Gasteiger partial charge is 0.382 e. The molecule has 1 heterocycles. The quantitative estimate of drug-likeness (QED) is 0.643. The Labute approximate surface area is 105 Å². The Morgan fingerprint density at radius 2 is 1.88 bits per heavy atom. The third-order valence-corrected chi connectivity index (χ3v) is 3.26. The van der Waals surface area contributed by atoms with Crippen LogP contribution in [0, 0.1) is 12.3 Å². The van der Waals surface area contributed by atoms with Crippen molar-refractivity contribution in [2.45, 2.75) is 16.7 Å². The van der Waals surface area contributed by atoms with Crippen LogP contribution >= 0.6 is 11.8 Å². The third-order valence-electron chi connectivity index (χ3n) is 2.26. The summed E-state index contributed by atoms with van der Waals surface area (Å²) < 4.78 is 0. The van der Waals surface area contributed by atoms with E-state index in [9.17, 15) is 0 Å². The van der Waals surface area contributed by atoms with E-state index in [1.807, 2.05) is 12.1 Å². The summed E-state index contributed by atoms with van der Waals surface area (Å²) in [4.78, 5) is 6.23. The van der Waals surface area contributed by atoms with Gasteiger partial charge in [-0.3, -0.25) is 10.4 Å². The van der Waals surface area contributed by atoms with Crippen molar-refractivity contribution >= 4 is 17.6 Å². The fourth-order valence-corrected chi connectivity index (χ4v) is 2.21. The first-order valence-corrected chi connectivity index (χ1v) is 6.02. The number of nitrogens with one attached hydrogen (secondary N) is 1. The first-order valence-electron chi connectivity index (χ1n) is 5.20. The number of pyridine rings is 1. The Morgan fingerprint density at radius 1 is 1.18 bits per heavy atom. The molecule has 0 fully saturated rings. The number of aryl methyl sites for hydroxylation is 1. The van der Waals surface area contributed by atoms with Crippen LogP contribution in [0.4, 0.5) is 0 Å². The Hall–Kier alpha value is -1.81. The maximum absolute atomic E-state index is 7.35. The molecule has 86 valence electrons. The lowest BCUT2D eigenvalue weighted by Gasteiger charge is -2.03. The molecule has 0 amide bonds. The van der Waals surface area contributed by atoms with Gasteiger partial charge in [0.25, 0.3) is 0 Å². The first-order chi connectivity index (χ1) is 8.15. The van der Waals surface area contributed by atoms with E-state index in [2.05, 4.69) is 36.2 Å². The number of nitrogen functional groups attached to an aromatic ring is 1. The van der Waals surface area contributed by atoms with Crippen molar-refractivity contribution in [2.75, 3.05) is 0 Å². The molecule has 0 atom stereocenters. The maximum atomic E-state index is 7.35. The van der Waals surface area contributed by atoms with Gasteiger partial charge in [-0.05, 0) is 31.2 Å². The van der Waals surface area contributed by atoms with Gasteiger partial charge < -0.3 is 5.73 Å². The van der Waals surface area contributed by atoms with Gasteiger partial charge in [-0.2, -0.15) is 0 Å². The average molecular weight is 243 g/mol. The predicted octanol–water partition coefficient (Wildman–Crippen LogP) is 2.83. The van der Waals surface area contributed by atoms with E-state index in [1.165, 1.54) is 5.56 Å². The van der Waals surface area contributed by atoms with Crippen molar-refractivity contribution in [3.05, 3.63) is 53.9 Å². The molecule has 0 aliphatic rings. The molecule has 1 aromatic carbocycles. The zero-order valence-electron chi connectivity index (χ0n) is 9.47. The van der Waals surface area contributed by atoms with Crippen LogP contribution in [0.5, 0.6) is 0 Å². The molecule has 2 rings (SSSR count). The van der Waals surface area contributed by atoms with Gasteiger partial charge in [0.2, 0.25) is 0 Å². The van der Waals surface area contributed by atoms with Gasteiger partial charge in [-0.1, -0.05) is 29.5 Å². The molecule has 2 aromatic rings. The highest BCUT2D eigenvalue weighted by atomic mass is 32.2. The number of amidine groups is 1. The third kappa shape index (κ3) is 3.07. The summed E-state index contributed by atoms with van der Waals surface area (Å²) in [7, 11) is 0. The molecule has 0 aliphatic carbocycles. The number of nitrogens with zero attached hydrogens (tertiary/aromatic N) is 1. The summed E-state index contributed by atoms with van der Waals surface area (Å²) in [6, 6.07) is 12.1. The molecule has 0 unspecified atom stereocenters. The van der Waals surface area contributed by atoms with Crippen molar-refractivity contribution in [1.29, 1.82) is 5.41 Å². The minimum absolute atomic E-state index is 0.00337. The lowest BCUT2D eigenvalue weighted by Crippen LogP contribution is -2.12. The minimum Gasteiger partial charge on any atom is -0.382 e. The standard InChI is InChI=1S/C13H13N3S/c1-9-2-4-10(5-3-9)17-11-6-7-16-12(8-11)13(14)15/h2-8H,1H3,(H3,14,15).